The van der Waals surface area contributed by atoms with E-state index in [2.05, 4.69) is 15.9 Å². The van der Waals surface area contributed by atoms with Crippen molar-refractivity contribution in [1.29, 1.82) is 0 Å². The van der Waals surface area contributed by atoms with Crippen molar-refractivity contribution in [1.82, 2.24) is 0 Å². The van der Waals surface area contributed by atoms with Gasteiger partial charge in [-0.2, -0.15) is 0 Å². The third-order valence-corrected chi connectivity index (χ3v) is 7.05. The van der Waals surface area contributed by atoms with Crippen LogP contribution in [0, 0.1) is 23.7 Å². The number of ether oxygens (including phenoxy) is 2. The molecule has 0 radical (unpaired) electrons. The number of hydrogen-bond donors (Lipinski definition) is 0. The van der Waals surface area contributed by atoms with Crippen LogP contribution < -0.4 is 0 Å². The molecule has 6 atom stereocenters. The third-order valence-electron chi connectivity index (χ3n) is 4.94. The minimum absolute atomic E-state index is 0.00532. The number of fused-ring (bicyclic) bond motifs is 1. The molecular weight excluding hydrogens is 372 g/mol. The number of halogens is 1. The van der Waals surface area contributed by atoms with Crippen molar-refractivity contribution in [2.45, 2.75) is 17.4 Å². The molecule has 2 aliphatic carbocycles. The lowest BCUT2D eigenvalue weighted by Gasteiger charge is -2.26. The number of ketones is 1. The molecule has 2 saturated carbocycles. The summed E-state index contributed by atoms with van der Waals surface area (Å²) in [6.45, 7) is -0.272. The highest BCUT2D eigenvalue weighted by atomic mass is 79.9. The molecule has 7 heteroatoms. The monoisotopic (exact) mass is 384 g/mol. The number of rotatable bonds is 4. The molecule has 3 aliphatic rings. The Morgan fingerprint density at radius 2 is 2.23 bits per heavy atom. The van der Waals surface area contributed by atoms with Gasteiger partial charge in [-0.3, -0.25) is 14.4 Å². The summed E-state index contributed by atoms with van der Waals surface area (Å²) in [5.74, 6) is -1.70. The predicted molar refractivity (Wildman–Crippen MR) is 80.8 cm³/mol. The quantitative estimate of drug-likeness (QED) is 0.451. The summed E-state index contributed by atoms with van der Waals surface area (Å²) < 4.78 is 10.6. The highest BCUT2D eigenvalue weighted by molar-refractivity contribution is 9.09. The topological polar surface area (TPSA) is 69.7 Å². The zero-order valence-electron chi connectivity index (χ0n) is 11.4. The van der Waals surface area contributed by atoms with Gasteiger partial charge in [-0.1, -0.05) is 22.0 Å². The Morgan fingerprint density at radius 1 is 1.41 bits per heavy atom. The summed E-state index contributed by atoms with van der Waals surface area (Å²) >= 11 is 4.86. The van der Waals surface area contributed by atoms with E-state index in [0.717, 1.165) is 6.42 Å². The predicted octanol–water partition coefficient (Wildman–Crippen LogP) is 2.04. The van der Waals surface area contributed by atoms with Gasteiger partial charge in [0.2, 0.25) is 5.78 Å². The van der Waals surface area contributed by atoms with Gasteiger partial charge in [0, 0.05) is 5.92 Å². The molecule has 1 aliphatic heterocycles. The van der Waals surface area contributed by atoms with Crippen LogP contribution in [0.15, 0.2) is 17.5 Å². The van der Waals surface area contributed by atoms with Gasteiger partial charge in [0.1, 0.15) is 6.10 Å². The molecule has 0 N–H and O–H groups in total. The molecule has 5 nitrogen and oxygen atoms in total. The number of alkyl halides is 1. The number of carbonyl (C=O) groups excluding carboxylic acids is 3. The van der Waals surface area contributed by atoms with Crippen LogP contribution in [0.25, 0.3) is 0 Å². The molecule has 2 bridgehead atoms. The molecule has 0 spiro atoms. The van der Waals surface area contributed by atoms with Gasteiger partial charge in [0.25, 0.3) is 0 Å². The maximum atomic E-state index is 12.4. The summed E-state index contributed by atoms with van der Waals surface area (Å²) in [6, 6.07) is 3.48. The smallest absolute Gasteiger partial charge is 0.310 e. The lowest BCUT2D eigenvalue weighted by Crippen LogP contribution is -2.39. The average molecular weight is 385 g/mol. The molecule has 1 aromatic rings. The fourth-order valence-corrected chi connectivity index (χ4v) is 5.73. The summed E-state index contributed by atoms with van der Waals surface area (Å²) in [6.07, 6.45) is 0.689. The third kappa shape index (κ3) is 1.98. The van der Waals surface area contributed by atoms with Crippen LogP contribution in [-0.4, -0.2) is 35.3 Å². The van der Waals surface area contributed by atoms with Crippen molar-refractivity contribution in [3.63, 3.8) is 0 Å². The first-order valence-electron chi connectivity index (χ1n) is 7.16. The average Bonchev–Trinajstić information content (AvgIpc) is 3.22. The first-order valence-corrected chi connectivity index (χ1v) is 8.95. The number of esters is 2. The largest absolute Gasteiger partial charge is 0.461 e. The standard InChI is InChI=1S/C15H13BrO5S/c16-12-6-4-7-11(15(19)21-13(7)12)10(6)14(18)20-5-8(17)9-2-1-3-22-9/h1-3,6-7,10-13H,4-5H2/t6-,7-,10+,11+,12-,13+/m1/s1. The molecule has 3 fully saturated rings. The summed E-state index contributed by atoms with van der Waals surface area (Å²) in [4.78, 5) is 36.8. The van der Waals surface area contributed by atoms with Crippen LogP contribution in [-0.2, 0) is 19.1 Å². The zero-order chi connectivity index (χ0) is 15.4. The van der Waals surface area contributed by atoms with E-state index in [-0.39, 0.29) is 41.1 Å². The molecule has 1 saturated heterocycles. The van der Waals surface area contributed by atoms with Gasteiger partial charge < -0.3 is 9.47 Å². The Hall–Kier alpha value is -1.21. The van der Waals surface area contributed by atoms with Crippen molar-refractivity contribution in [2.75, 3.05) is 6.61 Å². The van der Waals surface area contributed by atoms with Crippen LogP contribution in [0.4, 0.5) is 0 Å². The van der Waals surface area contributed by atoms with E-state index in [0.29, 0.717) is 4.88 Å². The first kappa shape index (κ1) is 14.4. The fourth-order valence-electron chi connectivity index (χ4n) is 4.04. The maximum Gasteiger partial charge on any atom is 0.310 e. The molecule has 116 valence electrons. The van der Waals surface area contributed by atoms with Gasteiger partial charge >= 0.3 is 11.9 Å². The fraction of sp³-hybridized carbons (Fsp3) is 0.533. The maximum absolute atomic E-state index is 12.4. The van der Waals surface area contributed by atoms with E-state index in [4.69, 9.17) is 9.47 Å². The number of Topliss-reactive ketones (excluding diaryl/α,β-unsaturated/α-hetero) is 1. The Morgan fingerprint density at radius 3 is 2.95 bits per heavy atom. The van der Waals surface area contributed by atoms with Crippen LogP contribution in [0.2, 0.25) is 0 Å². The number of carbonyl (C=O) groups is 3. The number of hydrogen-bond acceptors (Lipinski definition) is 6. The van der Waals surface area contributed by atoms with E-state index in [1.807, 2.05) is 0 Å². The van der Waals surface area contributed by atoms with Crippen molar-refractivity contribution >= 4 is 45.0 Å². The molecule has 0 aromatic carbocycles. The Labute approximate surface area is 139 Å². The highest BCUT2D eigenvalue weighted by Gasteiger charge is 2.68. The SMILES string of the molecule is O=C(COC(=O)[C@H]1[C@H]2C[C@H]3[C@H](OC(=O)[C@@H]31)[C@@H]2Br)c1cccs1. The van der Waals surface area contributed by atoms with E-state index in [1.165, 1.54) is 11.3 Å². The number of thiophene rings is 1. The molecule has 0 unspecified atom stereocenters. The summed E-state index contributed by atoms with van der Waals surface area (Å²) in [5, 5.41) is 1.80. The first-order chi connectivity index (χ1) is 10.6. The van der Waals surface area contributed by atoms with Crippen LogP contribution >= 0.6 is 27.3 Å². The molecule has 1 aromatic heterocycles. The van der Waals surface area contributed by atoms with E-state index in [9.17, 15) is 14.4 Å². The van der Waals surface area contributed by atoms with Gasteiger partial charge in [-0.15, -0.1) is 11.3 Å². The molecule has 4 rings (SSSR count). The van der Waals surface area contributed by atoms with Crippen LogP contribution in [0.1, 0.15) is 16.1 Å². The zero-order valence-corrected chi connectivity index (χ0v) is 13.8. The summed E-state index contributed by atoms with van der Waals surface area (Å²) in [5.41, 5.74) is 0. The summed E-state index contributed by atoms with van der Waals surface area (Å²) in [7, 11) is 0. The second-order valence-corrected chi connectivity index (χ2v) is 7.97. The van der Waals surface area contributed by atoms with Gasteiger partial charge in [-0.05, 0) is 23.8 Å². The van der Waals surface area contributed by atoms with E-state index in [1.54, 1.807) is 17.5 Å². The van der Waals surface area contributed by atoms with Crippen LogP contribution in [0.3, 0.4) is 0 Å². The molecule has 0 amide bonds. The van der Waals surface area contributed by atoms with Crippen molar-refractivity contribution in [2.24, 2.45) is 23.7 Å². The Balaban J connectivity index is 1.45. The molecule has 2 heterocycles. The van der Waals surface area contributed by atoms with Gasteiger partial charge in [0.15, 0.2) is 6.61 Å². The van der Waals surface area contributed by atoms with E-state index >= 15 is 0 Å². The van der Waals surface area contributed by atoms with Crippen LogP contribution in [0.5, 0.6) is 0 Å². The lowest BCUT2D eigenvalue weighted by atomic mass is 9.80. The highest BCUT2D eigenvalue weighted by Crippen LogP contribution is 2.60. The Bertz CT molecular complexity index is 642. The normalized spacial score (nSPS) is 38.1. The molecular formula is C15H13BrO5S. The minimum Gasteiger partial charge on any atom is -0.461 e. The van der Waals surface area contributed by atoms with Crippen molar-refractivity contribution < 1.29 is 23.9 Å². The van der Waals surface area contributed by atoms with Gasteiger partial charge in [-0.25, -0.2) is 0 Å². The molecule has 22 heavy (non-hydrogen) atoms. The minimum atomic E-state index is -0.489. The van der Waals surface area contributed by atoms with Crippen molar-refractivity contribution in [3.05, 3.63) is 22.4 Å². The second kappa shape index (κ2) is 5.16. The van der Waals surface area contributed by atoms with Crippen molar-refractivity contribution in [3.8, 4) is 0 Å². The van der Waals surface area contributed by atoms with E-state index < -0.39 is 17.8 Å². The van der Waals surface area contributed by atoms with Gasteiger partial charge in [0.05, 0.1) is 21.5 Å². The lowest BCUT2D eigenvalue weighted by molar-refractivity contribution is -0.154. The Kier molecular flexibility index (Phi) is 3.38. The second-order valence-electron chi connectivity index (χ2n) is 5.97.